The number of piperidine rings is 1. The lowest BCUT2D eigenvalue weighted by atomic mass is 9.96. The van der Waals surface area contributed by atoms with Gasteiger partial charge in [-0.25, -0.2) is 17.5 Å². The van der Waals surface area contributed by atoms with Crippen molar-refractivity contribution >= 4 is 15.9 Å². The van der Waals surface area contributed by atoms with E-state index >= 15 is 0 Å². The van der Waals surface area contributed by atoms with Crippen molar-refractivity contribution in [2.45, 2.75) is 43.5 Å². The van der Waals surface area contributed by atoms with Gasteiger partial charge in [-0.3, -0.25) is 4.79 Å². The summed E-state index contributed by atoms with van der Waals surface area (Å²) in [5.41, 5.74) is -1.55. The topological polar surface area (TPSA) is 78.5 Å². The van der Waals surface area contributed by atoms with E-state index in [2.05, 4.69) is 14.9 Å². The number of nitrogens with zero attached hydrogens (tertiary/aromatic N) is 1. The second kappa shape index (κ2) is 9.83. The van der Waals surface area contributed by atoms with E-state index < -0.39 is 33.5 Å². The van der Waals surface area contributed by atoms with Gasteiger partial charge in [0.2, 0.25) is 10.0 Å². The molecular formula is C20H27F4N3O3S. The summed E-state index contributed by atoms with van der Waals surface area (Å²) in [5.74, 6) is -1.69. The van der Waals surface area contributed by atoms with Gasteiger partial charge >= 0.3 is 6.18 Å². The van der Waals surface area contributed by atoms with Gasteiger partial charge in [0.25, 0.3) is 5.91 Å². The van der Waals surface area contributed by atoms with Crippen molar-refractivity contribution in [3.63, 3.8) is 0 Å². The number of likely N-dealkylation sites (tertiary alicyclic amines) is 1. The third-order valence-electron chi connectivity index (χ3n) is 5.97. The predicted octanol–water partition coefficient (Wildman–Crippen LogP) is 2.76. The second-order valence-electron chi connectivity index (χ2n) is 8.21. The average molecular weight is 466 g/mol. The molecule has 1 saturated heterocycles. The Labute approximate surface area is 179 Å². The van der Waals surface area contributed by atoms with E-state index in [1.165, 1.54) is 0 Å². The molecular weight excluding hydrogens is 438 g/mol. The fourth-order valence-electron chi connectivity index (χ4n) is 3.78. The maximum absolute atomic E-state index is 13.5. The van der Waals surface area contributed by atoms with Crippen LogP contribution < -0.4 is 10.0 Å². The molecule has 2 fully saturated rings. The van der Waals surface area contributed by atoms with Crippen molar-refractivity contribution in [3.05, 3.63) is 35.1 Å². The van der Waals surface area contributed by atoms with Crippen LogP contribution in [0, 0.1) is 11.7 Å². The van der Waals surface area contributed by atoms with Crippen LogP contribution in [0.15, 0.2) is 18.2 Å². The number of hydrogen-bond acceptors (Lipinski definition) is 4. The Bertz CT molecular complexity index is 880. The maximum Gasteiger partial charge on any atom is 0.416 e. The minimum Gasteiger partial charge on any atom is -0.352 e. The third-order valence-corrected chi connectivity index (χ3v) is 7.92. The normalized spacial score (nSPS) is 19.2. The Morgan fingerprint density at radius 1 is 1.10 bits per heavy atom. The molecule has 0 spiro atoms. The molecule has 0 bridgehead atoms. The quantitative estimate of drug-likeness (QED) is 0.579. The first kappa shape index (κ1) is 23.9. The van der Waals surface area contributed by atoms with Gasteiger partial charge in [0.15, 0.2) is 0 Å². The summed E-state index contributed by atoms with van der Waals surface area (Å²) >= 11 is 0. The summed E-state index contributed by atoms with van der Waals surface area (Å²) in [7, 11) is -3.22. The summed E-state index contributed by atoms with van der Waals surface area (Å²) in [6, 6.07) is 1.79. The van der Waals surface area contributed by atoms with Gasteiger partial charge in [0.05, 0.1) is 10.8 Å². The van der Waals surface area contributed by atoms with Gasteiger partial charge in [0.1, 0.15) is 5.82 Å². The van der Waals surface area contributed by atoms with Gasteiger partial charge in [0, 0.05) is 25.2 Å². The molecule has 1 aromatic rings. The van der Waals surface area contributed by atoms with E-state index in [9.17, 15) is 30.8 Å². The zero-order chi connectivity index (χ0) is 22.6. The molecule has 11 heteroatoms. The minimum atomic E-state index is -4.73. The van der Waals surface area contributed by atoms with E-state index in [1.807, 2.05) is 0 Å². The summed E-state index contributed by atoms with van der Waals surface area (Å²) in [5, 5.41) is 2.34. The third kappa shape index (κ3) is 6.63. The number of benzene rings is 1. The molecule has 1 aliphatic carbocycles. The molecule has 2 N–H and O–H groups in total. The lowest BCUT2D eigenvalue weighted by molar-refractivity contribution is -0.137. The zero-order valence-corrected chi connectivity index (χ0v) is 17.9. The first-order chi connectivity index (χ1) is 14.5. The first-order valence-electron chi connectivity index (χ1n) is 10.4. The Morgan fingerprint density at radius 3 is 2.35 bits per heavy atom. The van der Waals surface area contributed by atoms with Crippen molar-refractivity contribution in [2.75, 3.05) is 32.7 Å². The van der Waals surface area contributed by atoms with Crippen LogP contribution in [-0.2, 0) is 16.2 Å². The molecule has 0 radical (unpaired) electrons. The molecule has 1 amide bonds. The molecule has 1 saturated carbocycles. The molecule has 0 atom stereocenters. The van der Waals surface area contributed by atoms with Crippen molar-refractivity contribution < 1.29 is 30.8 Å². The fraction of sp³-hybridized carbons (Fsp3) is 0.650. The Kier molecular flexibility index (Phi) is 7.59. The highest BCUT2D eigenvalue weighted by molar-refractivity contribution is 7.90. The highest BCUT2D eigenvalue weighted by Crippen LogP contribution is 2.30. The standard InChI is InChI=1S/C20H27F4N3O3S/c21-17-11-15(10-16(12-17)20(22,23)24)19(28)25-13-14-4-7-27(8-5-14)9-6-26-31(29,30)18-2-1-3-18/h10-12,14,18,26H,1-9,13H2,(H,25,28). The molecule has 1 aromatic carbocycles. The van der Waals surface area contributed by atoms with Crippen LogP contribution in [0.4, 0.5) is 17.6 Å². The molecule has 174 valence electrons. The van der Waals surface area contributed by atoms with E-state index in [-0.39, 0.29) is 16.7 Å². The molecule has 1 heterocycles. The van der Waals surface area contributed by atoms with Crippen LogP contribution in [0.2, 0.25) is 0 Å². The Balaban J connectivity index is 1.39. The van der Waals surface area contributed by atoms with Crippen LogP contribution >= 0.6 is 0 Å². The number of sulfonamides is 1. The number of hydrogen-bond donors (Lipinski definition) is 2. The van der Waals surface area contributed by atoms with Gasteiger partial charge in [-0.1, -0.05) is 6.42 Å². The van der Waals surface area contributed by atoms with Crippen LogP contribution in [0.25, 0.3) is 0 Å². The molecule has 2 aliphatic rings. The van der Waals surface area contributed by atoms with Crippen molar-refractivity contribution in [1.29, 1.82) is 0 Å². The second-order valence-corrected chi connectivity index (χ2v) is 10.3. The summed E-state index contributed by atoms with van der Waals surface area (Å²) in [4.78, 5) is 14.3. The molecule has 0 aromatic heterocycles. The van der Waals surface area contributed by atoms with Crippen molar-refractivity contribution in [1.82, 2.24) is 14.9 Å². The summed E-state index contributed by atoms with van der Waals surface area (Å²) in [6.07, 6.45) is -0.785. The highest BCUT2D eigenvalue weighted by Gasteiger charge is 2.32. The maximum atomic E-state index is 13.5. The number of halogens is 4. The van der Waals surface area contributed by atoms with E-state index in [0.717, 1.165) is 51.3 Å². The van der Waals surface area contributed by atoms with Gasteiger partial charge < -0.3 is 10.2 Å². The van der Waals surface area contributed by atoms with Gasteiger partial charge in [-0.2, -0.15) is 13.2 Å². The van der Waals surface area contributed by atoms with Crippen LogP contribution in [0.3, 0.4) is 0 Å². The first-order valence-corrected chi connectivity index (χ1v) is 12.0. The molecule has 1 aliphatic heterocycles. The van der Waals surface area contributed by atoms with Crippen molar-refractivity contribution in [2.24, 2.45) is 5.92 Å². The number of amides is 1. The largest absolute Gasteiger partial charge is 0.416 e. The Hall–Kier alpha value is -1.72. The number of alkyl halides is 3. The predicted molar refractivity (Wildman–Crippen MR) is 107 cm³/mol. The molecule has 0 unspecified atom stereocenters. The monoisotopic (exact) mass is 465 g/mol. The molecule has 3 rings (SSSR count). The highest BCUT2D eigenvalue weighted by atomic mass is 32.2. The molecule has 31 heavy (non-hydrogen) atoms. The fourth-order valence-corrected chi connectivity index (χ4v) is 5.35. The minimum absolute atomic E-state index is 0.155. The van der Waals surface area contributed by atoms with Gasteiger partial charge in [-0.15, -0.1) is 0 Å². The smallest absolute Gasteiger partial charge is 0.352 e. The van der Waals surface area contributed by atoms with E-state index in [0.29, 0.717) is 31.8 Å². The number of carbonyl (C=O) groups is 1. The Morgan fingerprint density at radius 2 is 1.77 bits per heavy atom. The summed E-state index contributed by atoms with van der Waals surface area (Å²) in [6.45, 7) is 2.74. The average Bonchev–Trinajstić information content (AvgIpc) is 2.64. The lowest BCUT2D eigenvalue weighted by Crippen LogP contribution is -2.44. The number of nitrogens with one attached hydrogen (secondary N) is 2. The van der Waals surface area contributed by atoms with Gasteiger partial charge in [-0.05, 0) is 62.9 Å². The van der Waals surface area contributed by atoms with E-state index in [4.69, 9.17) is 0 Å². The van der Waals surface area contributed by atoms with Crippen LogP contribution in [-0.4, -0.2) is 57.2 Å². The lowest BCUT2D eigenvalue weighted by Gasteiger charge is -2.32. The van der Waals surface area contributed by atoms with Crippen LogP contribution in [0.5, 0.6) is 0 Å². The SMILES string of the molecule is O=C(NCC1CCN(CCNS(=O)(=O)C2CCC2)CC1)c1cc(F)cc(C(F)(F)F)c1. The molecule has 6 nitrogen and oxygen atoms in total. The summed E-state index contributed by atoms with van der Waals surface area (Å²) < 4.78 is 78.6. The van der Waals surface area contributed by atoms with Crippen molar-refractivity contribution in [3.8, 4) is 0 Å². The zero-order valence-electron chi connectivity index (χ0n) is 17.0. The van der Waals surface area contributed by atoms with E-state index in [1.54, 1.807) is 0 Å². The number of carbonyl (C=O) groups excluding carboxylic acids is 1. The number of rotatable bonds is 8. The van der Waals surface area contributed by atoms with Crippen LogP contribution in [0.1, 0.15) is 48.0 Å².